The van der Waals surface area contributed by atoms with E-state index < -0.39 is 0 Å². The van der Waals surface area contributed by atoms with E-state index in [1.807, 2.05) is 36.4 Å². The first-order valence-electron chi connectivity index (χ1n) is 19.7. The van der Waals surface area contributed by atoms with Gasteiger partial charge in [0.2, 0.25) is 0 Å². The van der Waals surface area contributed by atoms with E-state index in [9.17, 15) is 0 Å². The third-order valence-electron chi connectivity index (χ3n) is 11.3. The molecule has 5 nitrogen and oxygen atoms in total. The van der Waals surface area contributed by atoms with Crippen molar-refractivity contribution in [2.45, 2.75) is 13.8 Å². The van der Waals surface area contributed by atoms with Crippen LogP contribution in [0.25, 0.3) is 100 Å². The molecule has 0 saturated carbocycles. The minimum absolute atomic E-state index is 0.604. The predicted molar refractivity (Wildman–Crippen MR) is 240 cm³/mol. The molecule has 0 aliphatic rings. The van der Waals surface area contributed by atoms with Crippen LogP contribution in [0.2, 0.25) is 0 Å². The van der Waals surface area contributed by atoms with E-state index >= 15 is 0 Å². The Morgan fingerprint density at radius 2 is 0.759 bits per heavy atom. The van der Waals surface area contributed by atoms with Crippen molar-refractivity contribution < 1.29 is 0 Å². The summed E-state index contributed by atoms with van der Waals surface area (Å²) in [4.78, 5) is 15.7. The highest BCUT2D eigenvalue weighted by Gasteiger charge is 2.22. The number of rotatable bonds is 6. The molecule has 0 fully saturated rings. The summed E-state index contributed by atoms with van der Waals surface area (Å²) in [6, 6.07) is 66.7. The summed E-state index contributed by atoms with van der Waals surface area (Å²) in [6.45, 7) is 4.32. The second-order valence-corrected chi connectivity index (χ2v) is 15.0. The van der Waals surface area contributed by atoms with Crippen LogP contribution >= 0.6 is 0 Å². The Hall–Kier alpha value is -7.63. The zero-order valence-corrected chi connectivity index (χ0v) is 32.1. The first kappa shape index (κ1) is 33.7. The van der Waals surface area contributed by atoms with Crippen molar-refractivity contribution in [3.63, 3.8) is 0 Å². The lowest BCUT2D eigenvalue weighted by Crippen LogP contribution is -2.04. The molecule has 0 unspecified atom stereocenters. The summed E-state index contributed by atoms with van der Waals surface area (Å²) in [5, 5.41) is 4.90. The molecule has 8 aromatic carbocycles. The number of benzene rings is 8. The van der Waals surface area contributed by atoms with Crippen molar-refractivity contribution in [2.75, 3.05) is 0 Å². The van der Waals surface area contributed by atoms with Crippen molar-refractivity contribution in [3.8, 4) is 56.7 Å². The van der Waals surface area contributed by atoms with Gasteiger partial charge in [0.05, 0.1) is 33.4 Å². The van der Waals surface area contributed by atoms with Crippen LogP contribution in [0.4, 0.5) is 0 Å². The lowest BCUT2D eigenvalue weighted by atomic mass is 9.99. The zero-order valence-electron chi connectivity index (χ0n) is 32.1. The summed E-state index contributed by atoms with van der Waals surface area (Å²) < 4.78 is 4.78. The molecule has 0 amide bonds. The molecule has 0 N–H and O–H groups in total. The van der Waals surface area contributed by atoms with Crippen molar-refractivity contribution in [3.05, 3.63) is 199 Å². The van der Waals surface area contributed by atoms with Crippen molar-refractivity contribution in [2.24, 2.45) is 0 Å². The van der Waals surface area contributed by atoms with Gasteiger partial charge in [-0.1, -0.05) is 145 Å². The first-order chi connectivity index (χ1) is 28.6. The van der Waals surface area contributed by atoms with Gasteiger partial charge in [0.1, 0.15) is 0 Å². The van der Waals surface area contributed by atoms with Crippen LogP contribution in [0.5, 0.6) is 0 Å². The first-order valence-corrected chi connectivity index (χ1v) is 19.7. The van der Waals surface area contributed by atoms with Crippen LogP contribution < -0.4 is 0 Å². The molecular weight excluding hydrogens is 707 g/mol. The van der Waals surface area contributed by atoms with Gasteiger partial charge in [-0.2, -0.15) is 0 Å². The summed E-state index contributed by atoms with van der Waals surface area (Å²) in [7, 11) is 0. The summed E-state index contributed by atoms with van der Waals surface area (Å²) in [5.74, 6) is 1.85. The van der Waals surface area contributed by atoms with Crippen molar-refractivity contribution in [1.29, 1.82) is 0 Å². The van der Waals surface area contributed by atoms with Gasteiger partial charge in [-0.3, -0.25) is 0 Å². The van der Waals surface area contributed by atoms with Gasteiger partial charge in [-0.15, -0.1) is 0 Å². The van der Waals surface area contributed by atoms with Crippen LogP contribution in [0.1, 0.15) is 11.1 Å². The highest BCUT2D eigenvalue weighted by Crippen LogP contribution is 2.41. The summed E-state index contributed by atoms with van der Waals surface area (Å²) in [6.07, 6.45) is 0. The second-order valence-electron chi connectivity index (χ2n) is 15.0. The molecule has 58 heavy (non-hydrogen) atoms. The number of fused-ring (bicyclic) bond motifs is 6. The topological polar surface area (TPSA) is 48.5 Å². The lowest BCUT2D eigenvalue weighted by Gasteiger charge is -2.18. The Morgan fingerprint density at radius 1 is 0.310 bits per heavy atom. The van der Waals surface area contributed by atoms with Gasteiger partial charge >= 0.3 is 0 Å². The third-order valence-corrected chi connectivity index (χ3v) is 11.3. The maximum atomic E-state index is 5.30. The summed E-state index contributed by atoms with van der Waals surface area (Å²) in [5.41, 5.74) is 14.1. The Morgan fingerprint density at radius 3 is 1.33 bits per heavy atom. The van der Waals surface area contributed by atoms with Gasteiger partial charge in [0.15, 0.2) is 17.5 Å². The standard InChI is InChI=1S/C53H37N5/c1-34-25-28-48-42(31-34)40-20-10-13-23-46(40)57(48)45-22-12-9-19-39(45)38-27-30-50(58-47-24-14-11-21-41(47)43-32-35(2)26-29-49(43)58)44(33-38)53-55-51(36-15-5-3-6-16-36)54-52(56-53)37-17-7-4-8-18-37/h3-33H,1-2H3. The zero-order chi connectivity index (χ0) is 38.7. The highest BCUT2D eigenvalue weighted by molar-refractivity contribution is 6.11. The molecule has 0 saturated heterocycles. The fourth-order valence-electron chi connectivity index (χ4n) is 8.61. The van der Waals surface area contributed by atoms with Gasteiger partial charge in [0.25, 0.3) is 0 Å². The predicted octanol–water partition coefficient (Wildman–Crippen LogP) is 13.4. The SMILES string of the molecule is Cc1ccc2c(c1)c1ccccc1n2-c1ccccc1-c1ccc(-n2c3ccccc3c3cc(C)ccc32)c(-c2nc(-c3ccccc3)nc(-c3ccccc3)n2)c1. The van der Waals surface area contributed by atoms with Crippen LogP contribution in [0, 0.1) is 13.8 Å². The van der Waals surface area contributed by atoms with Gasteiger partial charge in [0, 0.05) is 43.8 Å². The van der Waals surface area contributed by atoms with E-state index in [0.717, 1.165) is 50.2 Å². The number of aromatic nitrogens is 5. The van der Waals surface area contributed by atoms with Crippen LogP contribution in [0.15, 0.2) is 188 Å². The van der Waals surface area contributed by atoms with E-state index in [0.29, 0.717) is 17.5 Å². The molecule has 0 aliphatic carbocycles. The molecule has 274 valence electrons. The Balaban J connectivity index is 1.22. The number of aryl methyl sites for hydroxylation is 2. The molecular formula is C53H37N5. The van der Waals surface area contributed by atoms with Crippen molar-refractivity contribution >= 4 is 43.6 Å². The van der Waals surface area contributed by atoms with Gasteiger partial charge in [-0.25, -0.2) is 15.0 Å². The number of hydrogen-bond acceptors (Lipinski definition) is 3. The maximum absolute atomic E-state index is 5.30. The maximum Gasteiger partial charge on any atom is 0.166 e. The van der Waals surface area contributed by atoms with Crippen LogP contribution in [-0.4, -0.2) is 24.1 Å². The molecule has 11 aromatic rings. The van der Waals surface area contributed by atoms with Gasteiger partial charge in [-0.05, 0) is 74.0 Å². The molecule has 3 aromatic heterocycles. The normalized spacial score (nSPS) is 11.6. The second kappa shape index (κ2) is 13.5. The Kier molecular flexibility index (Phi) is 7.86. The third kappa shape index (κ3) is 5.51. The molecule has 0 aliphatic heterocycles. The monoisotopic (exact) mass is 743 g/mol. The molecule has 5 heteroatoms. The molecule has 0 spiro atoms. The average Bonchev–Trinajstić information content (AvgIpc) is 3.78. The molecule has 11 rings (SSSR count). The Bertz CT molecular complexity index is 3300. The van der Waals surface area contributed by atoms with E-state index in [4.69, 9.17) is 15.0 Å². The van der Waals surface area contributed by atoms with E-state index in [1.165, 1.54) is 43.7 Å². The van der Waals surface area contributed by atoms with Crippen LogP contribution in [0.3, 0.4) is 0 Å². The minimum atomic E-state index is 0.604. The number of hydrogen-bond donors (Lipinski definition) is 0. The van der Waals surface area contributed by atoms with Gasteiger partial charge < -0.3 is 9.13 Å². The fraction of sp³-hybridized carbons (Fsp3) is 0.0377. The largest absolute Gasteiger partial charge is 0.309 e. The highest BCUT2D eigenvalue weighted by atomic mass is 15.1. The molecule has 0 atom stereocenters. The quantitative estimate of drug-likeness (QED) is 0.170. The van der Waals surface area contributed by atoms with Crippen molar-refractivity contribution in [1.82, 2.24) is 24.1 Å². The smallest absolute Gasteiger partial charge is 0.166 e. The molecule has 0 bridgehead atoms. The molecule has 3 heterocycles. The molecule has 0 radical (unpaired) electrons. The van der Waals surface area contributed by atoms with E-state index in [-0.39, 0.29) is 0 Å². The number of para-hydroxylation sites is 3. The van der Waals surface area contributed by atoms with Crippen LogP contribution in [-0.2, 0) is 0 Å². The average molecular weight is 744 g/mol. The number of nitrogens with zero attached hydrogens (tertiary/aromatic N) is 5. The Labute approximate surface area is 336 Å². The van der Waals surface area contributed by atoms with E-state index in [2.05, 4.69) is 175 Å². The lowest BCUT2D eigenvalue weighted by molar-refractivity contribution is 1.06. The summed E-state index contributed by atoms with van der Waals surface area (Å²) >= 11 is 0. The minimum Gasteiger partial charge on any atom is -0.309 e. The fourth-order valence-corrected chi connectivity index (χ4v) is 8.61. The van der Waals surface area contributed by atoms with E-state index in [1.54, 1.807) is 0 Å².